The second-order valence-electron chi connectivity index (χ2n) is 8.25. The van der Waals surface area contributed by atoms with Crippen LogP contribution in [0.5, 0.6) is 6.01 Å². The molecule has 7 nitrogen and oxygen atoms in total. The molecule has 3 aromatic heterocycles. The lowest BCUT2D eigenvalue weighted by Gasteiger charge is -2.24. The largest absolute Gasteiger partial charge is 0.462 e. The first-order valence-corrected chi connectivity index (χ1v) is 11.1. The third-order valence-electron chi connectivity index (χ3n) is 5.83. The third-order valence-corrected chi connectivity index (χ3v) is 5.83. The summed E-state index contributed by atoms with van der Waals surface area (Å²) in [5.74, 6) is 0.0140. The van der Waals surface area contributed by atoms with Gasteiger partial charge in [-0.2, -0.15) is 18.2 Å². The number of hydrogen-bond donors (Lipinski definition) is 1. The Morgan fingerprint density at radius 1 is 1.16 bits per heavy atom. The molecule has 10 heteroatoms. The average Bonchev–Trinajstić information content (AvgIpc) is 3.17. The number of fused-ring (bicyclic) bond motifs is 1. The number of pyridine rings is 1. The quantitative estimate of drug-likeness (QED) is 0.515. The first-order chi connectivity index (χ1) is 15.4. The van der Waals surface area contributed by atoms with Crippen molar-refractivity contribution < 1.29 is 17.9 Å². The molecule has 1 saturated carbocycles. The van der Waals surface area contributed by atoms with Crippen LogP contribution < -0.4 is 10.5 Å². The molecule has 4 rings (SSSR count). The van der Waals surface area contributed by atoms with Gasteiger partial charge in [0, 0.05) is 18.5 Å². The molecule has 0 spiro atoms. The van der Waals surface area contributed by atoms with Gasteiger partial charge < -0.3 is 10.5 Å². The Labute approximate surface area is 184 Å². The third kappa shape index (κ3) is 4.78. The van der Waals surface area contributed by atoms with E-state index in [4.69, 9.17) is 10.5 Å². The van der Waals surface area contributed by atoms with Crippen LogP contribution in [0.3, 0.4) is 0 Å². The molecule has 0 atom stereocenters. The smallest absolute Gasteiger partial charge is 0.418 e. The summed E-state index contributed by atoms with van der Waals surface area (Å²) < 4.78 is 48.6. The van der Waals surface area contributed by atoms with E-state index in [9.17, 15) is 13.2 Å². The summed E-state index contributed by atoms with van der Waals surface area (Å²) in [6.45, 7) is 2.49. The van der Waals surface area contributed by atoms with Crippen LogP contribution >= 0.6 is 0 Å². The van der Waals surface area contributed by atoms with Crippen LogP contribution in [0.25, 0.3) is 5.65 Å². The Kier molecular flexibility index (Phi) is 6.48. The highest BCUT2D eigenvalue weighted by Crippen LogP contribution is 2.40. The summed E-state index contributed by atoms with van der Waals surface area (Å²) in [5, 5.41) is 4.32. The lowest BCUT2D eigenvalue weighted by atomic mass is 9.84. The first kappa shape index (κ1) is 22.3. The molecule has 1 aliphatic rings. The van der Waals surface area contributed by atoms with E-state index >= 15 is 0 Å². The van der Waals surface area contributed by atoms with Crippen molar-refractivity contribution in [3.8, 4) is 6.01 Å². The average molecular weight is 448 g/mol. The molecule has 1 fully saturated rings. The van der Waals surface area contributed by atoms with Crippen molar-refractivity contribution >= 4 is 11.5 Å². The van der Waals surface area contributed by atoms with Gasteiger partial charge in [-0.25, -0.2) is 9.50 Å². The van der Waals surface area contributed by atoms with Gasteiger partial charge >= 0.3 is 12.2 Å². The first-order valence-electron chi connectivity index (χ1n) is 11.1. The second-order valence-corrected chi connectivity index (χ2v) is 8.25. The Hall–Kier alpha value is -2.91. The van der Waals surface area contributed by atoms with Crippen molar-refractivity contribution in [2.75, 3.05) is 12.3 Å². The molecule has 3 aromatic rings. The molecule has 0 radical (unpaired) electrons. The second kappa shape index (κ2) is 9.30. The van der Waals surface area contributed by atoms with Gasteiger partial charge in [0.15, 0.2) is 11.5 Å². The lowest BCUT2D eigenvalue weighted by molar-refractivity contribution is -0.138. The molecule has 3 heterocycles. The van der Waals surface area contributed by atoms with Crippen LogP contribution in [0.15, 0.2) is 18.5 Å². The topological polar surface area (TPSA) is 91.2 Å². The summed E-state index contributed by atoms with van der Waals surface area (Å²) >= 11 is 0. The van der Waals surface area contributed by atoms with Gasteiger partial charge in [-0.15, -0.1) is 5.10 Å². The number of rotatable bonds is 7. The molecule has 0 aromatic carbocycles. The minimum Gasteiger partial charge on any atom is -0.462 e. The van der Waals surface area contributed by atoms with E-state index in [1.807, 2.05) is 6.92 Å². The number of nitrogen functional groups attached to an aromatic ring is 1. The van der Waals surface area contributed by atoms with Crippen molar-refractivity contribution in [2.45, 2.75) is 70.4 Å². The monoisotopic (exact) mass is 448 g/mol. The van der Waals surface area contributed by atoms with Gasteiger partial charge in [0.25, 0.3) is 0 Å². The van der Waals surface area contributed by atoms with Crippen LogP contribution in [0, 0.1) is 0 Å². The number of aromatic nitrogens is 5. The van der Waals surface area contributed by atoms with Gasteiger partial charge in [0.05, 0.1) is 29.8 Å². The highest BCUT2D eigenvalue weighted by Gasteiger charge is 2.37. The van der Waals surface area contributed by atoms with Crippen molar-refractivity contribution in [3.05, 3.63) is 41.0 Å². The van der Waals surface area contributed by atoms with Crippen molar-refractivity contribution in [1.29, 1.82) is 0 Å². The van der Waals surface area contributed by atoms with Crippen LogP contribution in [0.2, 0.25) is 0 Å². The minimum absolute atomic E-state index is 0.115. The maximum atomic E-state index is 13.9. The fourth-order valence-electron chi connectivity index (χ4n) is 4.17. The molecule has 1 aliphatic carbocycles. The molecule has 0 saturated heterocycles. The van der Waals surface area contributed by atoms with E-state index in [1.54, 1.807) is 6.20 Å². The number of ether oxygens (including phenoxy) is 1. The minimum atomic E-state index is -4.46. The molecular formula is C22H27F3N6O. The van der Waals surface area contributed by atoms with Crippen LogP contribution in [0.4, 0.5) is 19.0 Å². The predicted molar refractivity (Wildman–Crippen MR) is 113 cm³/mol. The fraction of sp³-hybridized carbons (Fsp3) is 0.545. The number of unbranched alkanes of at least 4 members (excludes halogenated alkanes) is 1. The number of alkyl halides is 3. The SMILES string of the molecule is CCCCOc1nc(N)c2ncc(Cc3cnc(C4CCCCC4)c(C(F)(F)F)c3)n2n1. The molecular weight excluding hydrogens is 421 g/mol. The molecule has 32 heavy (non-hydrogen) atoms. The Balaban J connectivity index is 1.64. The van der Waals surface area contributed by atoms with E-state index in [2.05, 4.69) is 20.1 Å². The number of nitrogens with zero attached hydrogens (tertiary/aromatic N) is 5. The predicted octanol–water partition coefficient (Wildman–Crippen LogP) is 4.94. The standard InChI is InChI=1S/C22H27F3N6O/c1-2-3-9-32-21-29-19(26)20-28-13-16(31(20)30-21)10-14-11-17(22(23,24)25)18(27-12-14)15-7-5-4-6-8-15/h11-13,15H,2-10H2,1H3,(H2,26,29,30). The zero-order valence-electron chi connectivity index (χ0n) is 18.0. The highest BCUT2D eigenvalue weighted by atomic mass is 19.4. The molecule has 172 valence electrons. The number of imidazole rings is 1. The molecule has 0 bridgehead atoms. The van der Waals surface area contributed by atoms with E-state index in [0.717, 1.165) is 44.9 Å². The maximum absolute atomic E-state index is 13.9. The molecule has 0 amide bonds. The van der Waals surface area contributed by atoms with Gasteiger partial charge in [-0.05, 0) is 30.9 Å². The van der Waals surface area contributed by atoms with Crippen LogP contribution in [0.1, 0.15) is 80.3 Å². The number of halogens is 3. The molecule has 0 unspecified atom stereocenters. The summed E-state index contributed by atoms with van der Waals surface area (Å²) in [6, 6.07) is 1.32. The number of anilines is 1. The van der Waals surface area contributed by atoms with Gasteiger partial charge in [0.1, 0.15) is 0 Å². The molecule has 2 N–H and O–H groups in total. The van der Waals surface area contributed by atoms with Gasteiger partial charge in [-0.1, -0.05) is 32.6 Å². The van der Waals surface area contributed by atoms with E-state index in [1.165, 1.54) is 16.8 Å². The summed E-state index contributed by atoms with van der Waals surface area (Å²) in [5.41, 5.74) is 6.85. The Bertz CT molecular complexity index is 1080. The maximum Gasteiger partial charge on any atom is 0.418 e. The Morgan fingerprint density at radius 3 is 2.66 bits per heavy atom. The van der Waals surface area contributed by atoms with Crippen molar-refractivity contribution in [2.24, 2.45) is 0 Å². The van der Waals surface area contributed by atoms with Crippen molar-refractivity contribution in [1.82, 2.24) is 24.6 Å². The number of hydrogen-bond acceptors (Lipinski definition) is 6. The number of nitrogens with two attached hydrogens (primary N) is 1. The van der Waals surface area contributed by atoms with E-state index in [0.29, 0.717) is 23.5 Å². The summed E-state index contributed by atoms with van der Waals surface area (Å²) in [7, 11) is 0. The fourth-order valence-corrected chi connectivity index (χ4v) is 4.17. The van der Waals surface area contributed by atoms with Gasteiger partial charge in [0.2, 0.25) is 0 Å². The zero-order valence-corrected chi connectivity index (χ0v) is 18.0. The lowest BCUT2D eigenvalue weighted by Crippen LogP contribution is -2.17. The highest BCUT2D eigenvalue weighted by molar-refractivity contribution is 5.59. The molecule has 0 aliphatic heterocycles. The van der Waals surface area contributed by atoms with Gasteiger partial charge in [-0.3, -0.25) is 4.98 Å². The van der Waals surface area contributed by atoms with Crippen molar-refractivity contribution in [3.63, 3.8) is 0 Å². The van der Waals surface area contributed by atoms with E-state index in [-0.39, 0.29) is 29.9 Å². The summed E-state index contributed by atoms with van der Waals surface area (Å²) in [4.78, 5) is 12.6. The van der Waals surface area contributed by atoms with E-state index < -0.39 is 11.7 Å². The van der Waals surface area contributed by atoms with Crippen LogP contribution in [-0.4, -0.2) is 31.2 Å². The normalized spacial score (nSPS) is 15.4. The van der Waals surface area contributed by atoms with Crippen LogP contribution in [-0.2, 0) is 12.6 Å². The zero-order chi connectivity index (χ0) is 22.7. The Morgan fingerprint density at radius 2 is 1.94 bits per heavy atom. The summed E-state index contributed by atoms with van der Waals surface area (Å²) in [6.07, 6.45) is 5.04.